The van der Waals surface area contributed by atoms with Gasteiger partial charge in [0.25, 0.3) is 0 Å². The lowest BCUT2D eigenvalue weighted by Gasteiger charge is -2.00. The molecule has 1 nitrogen and oxygen atoms in total. The molecule has 0 amide bonds. The van der Waals surface area contributed by atoms with Crippen LogP contribution in [0.15, 0.2) is 24.5 Å². The molecular weight excluding hydrogens is 244 g/mol. The van der Waals surface area contributed by atoms with Gasteiger partial charge in [-0.05, 0) is 38.2 Å². The Labute approximate surface area is 127 Å². The van der Waals surface area contributed by atoms with Gasteiger partial charge in [-0.2, -0.15) is 0 Å². The van der Waals surface area contributed by atoms with Gasteiger partial charge in [0.1, 0.15) is 0 Å². The molecule has 0 aliphatic carbocycles. The molecule has 0 radical (unpaired) electrons. The lowest BCUT2D eigenvalue weighted by Crippen LogP contribution is -1.81. The number of methoxy groups -OCH3 is 1. The molecule has 118 valence electrons. The van der Waals surface area contributed by atoms with Gasteiger partial charge in [0.2, 0.25) is 0 Å². The molecule has 0 aliphatic heterocycles. The molecule has 0 saturated carbocycles. The summed E-state index contributed by atoms with van der Waals surface area (Å²) in [6.07, 6.45) is 26.2. The van der Waals surface area contributed by atoms with Crippen LogP contribution in [-0.2, 0) is 4.74 Å². The number of rotatable bonds is 15. The minimum Gasteiger partial charge on any atom is -0.505 e. The van der Waals surface area contributed by atoms with E-state index in [1.807, 2.05) is 0 Å². The van der Waals surface area contributed by atoms with Gasteiger partial charge in [0.15, 0.2) is 0 Å². The third kappa shape index (κ3) is 17.3. The Bertz CT molecular complexity index is 218. The minimum absolute atomic E-state index is 1.16. The number of allylic oxidation sites excluding steroid dienone is 3. The summed E-state index contributed by atoms with van der Waals surface area (Å²) in [5, 5.41) is 0. The number of unbranched alkanes of at least 4 members (excludes halogenated alkanes) is 11. The van der Waals surface area contributed by atoms with Crippen molar-refractivity contribution in [3.63, 3.8) is 0 Å². The highest BCUT2D eigenvalue weighted by Gasteiger charge is 1.91. The van der Waals surface area contributed by atoms with E-state index in [2.05, 4.69) is 25.2 Å². The zero-order chi connectivity index (χ0) is 14.7. The Morgan fingerprint density at radius 3 is 1.55 bits per heavy atom. The Morgan fingerprint density at radius 1 is 0.600 bits per heavy atom. The van der Waals surface area contributed by atoms with Crippen molar-refractivity contribution in [1.82, 2.24) is 0 Å². The van der Waals surface area contributed by atoms with Crippen molar-refractivity contribution >= 4 is 0 Å². The summed E-state index contributed by atoms with van der Waals surface area (Å²) in [5.74, 6) is 0. The van der Waals surface area contributed by atoms with Crippen LogP contribution < -0.4 is 0 Å². The monoisotopic (exact) mass is 280 g/mol. The van der Waals surface area contributed by atoms with Gasteiger partial charge in [0.05, 0.1) is 13.4 Å². The number of hydrogen-bond acceptors (Lipinski definition) is 1. The molecule has 0 rings (SSSR count). The van der Waals surface area contributed by atoms with Crippen molar-refractivity contribution in [3.8, 4) is 0 Å². The van der Waals surface area contributed by atoms with Crippen LogP contribution in [-0.4, -0.2) is 7.11 Å². The average Bonchev–Trinajstić information content (AvgIpc) is 2.47. The summed E-state index contributed by atoms with van der Waals surface area (Å²) >= 11 is 0. The third-order valence-corrected chi connectivity index (χ3v) is 3.61. The summed E-state index contributed by atoms with van der Waals surface area (Å²) in [6.45, 7) is 2.25. The Hall–Kier alpha value is -0.720. The summed E-state index contributed by atoms with van der Waals surface area (Å²) < 4.78 is 4.88. The zero-order valence-electron chi connectivity index (χ0n) is 13.9. The molecule has 0 aliphatic rings. The predicted octanol–water partition coefficient (Wildman–Crippen LogP) is 6.79. The van der Waals surface area contributed by atoms with Crippen LogP contribution >= 0.6 is 0 Å². The van der Waals surface area contributed by atoms with E-state index in [1.165, 1.54) is 77.0 Å². The van der Waals surface area contributed by atoms with Gasteiger partial charge in [-0.1, -0.05) is 70.4 Å². The molecule has 0 aromatic carbocycles. The first-order chi connectivity index (χ1) is 9.91. The number of ether oxygens (including phenoxy) is 1. The molecule has 0 N–H and O–H groups in total. The van der Waals surface area contributed by atoms with Crippen LogP contribution in [0, 0.1) is 0 Å². The van der Waals surface area contributed by atoms with Gasteiger partial charge in [-0.3, -0.25) is 0 Å². The highest BCUT2D eigenvalue weighted by molar-refractivity contribution is 4.81. The largest absolute Gasteiger partial charge is 0.505 e. The molecular formula is C19H36O. The maximum Gasteiger partial charge on any atom is 0.0784 e. The first-order valence-electron chi connectivity index (χ1n) is 8.74. The van der Waals surface area contributed by atoms with E-state index >= 15 is 0 Å². The Balaban J connectivity index is 3.02. The molecule has 0 atom stereocenters. The SMILES string of the molecule is CCCC/C=C\CCCCCCCCCC/C=C/OC. The first-order valence-corrected chi connectivity index (χ1v) is 8.74. The lowest BCUT2D eigenvalue weighted by molar-refractivity contribution is 0.336. The molecule has 20 heavy (non-hydrogen) atoms. The molecule has 0 unspecified atom stereocenters. The smallest absolute Gasteiger partial charge is 0.0784 e. The molecule has 0 spiro atoms. The standard InChI is InChI=1S/C19H36O/c1-3-4-5-6-7-8-9-10-11-12-13-14-15-16-17-18-19-20-2/h6-7,18-19H,3-5,8-17H2,1-2H3/b7-6-,19-18+. The normalized spacial score (nSPS) is 11.7. The van der Waals surface area contributed by atoms with E-state index in [-0.39, 0.29) is 0 Å². The molecule has 0 saturated heterocycles. The van der Waals surface area contributed by atoms with Crippen molar-refractivity contribution in [2.24, 2.45) is 0 Å². The molecule has 0 aromatic rings. The molecule has 0 fully saturated rings. The summed E-state index contributed by atoms with van der Waals surface area (Å²) in [7, 11) is 1.71. The second kappa shape index (κ2) is 18.3. The highest BCUT2D eigenvalue weighted by atomic mass is 16.5. The van der Waals surface area contributed by atoms with E-state index in [0.29, 0.717) is 0 Å². The van der Waals surface area contributed by atoms with Crippen LogP contribution in [0.1, 0.15) is 90.4 Å². The van der Waals surface area contributed by atoms with Crippen molar-refractivity contribution in [2.75, 3.05) is 7.11 Å². The van der Waals surface area contributed by atoms with E-state index in [0.717, 1.165) is 6.42 Å². The van der Waals surface area contributed by atoms with Crippen LogP contribution in [0.4, 0.5) is 0 Å². The summed E-state index contributed by atoms with van der Waals surface area (Å²) in [5.41, 5.74) is 0. The second-order valence-electron chi connectivity index (χ2n) is 5.63. The van der Waals surface area contributed by atoms with Gasteiger partial charge in [-0.25, -0.2) is 0 Å². The van der Waals surface area contributed by atoms with E-state index in [9.17, 15) is 0 Å². The molecule has 1 heteroatoms. The molecule has 0 aromatic heterocycles. The third-order valence-electron chi connectivity index (χ3n) is 3.61. The fraction of sp³-hybridized carbons (Fsp3) is 0.789. The zero-order valence-corrected chi connectivity index (χ0v) is 13.9. The first kappa shape index (κ1) is 19.3. The Kier molecular flexibility index (Phi) is 17.6. The Morgan fingerprint density at radius 2 is 1.05 bits per heavy atom. The summed E-state index contributed by atoms with van der Waals surface area (Å²) in [6, 6.07) is 0. The predicted molar refractivity (Wildman–Crippen MR) is 91.0 cm³/mol. The average molecular weight is 280 g/mol. The fourth-order valence-electron chi connectivity index (χ4n) is 2.31. The maximum atomic E-state index is 4.88. The van der Waals surface area contributed by atoms with E-state index in [4.69, 9.17) is 4.74 Å². The van der Waals surface area contributed by atoms with Gasteiger partial charge in [0, 0.05) is 0 Å². The fourth-order valence-corrected chi connectivity index (χ4v) is 2.31. The maximum absolute atomic E-state index is 4.88. The van der Waals surface area contributed by atoms with Crippen LogP contribution in [0.3, 0.4) is 0 Å². The molecule has 0 bridgehead atoms. The second-order valence-corrected chi connectivity index (χ2v) is 5.63. The van der Waals surface area contributed by atoms with Crippen LogP contribution in [0.25, 0.3) is 0 Å². The minimum atomic E-state index is 1.16. The topological polar surface area (TPSA) is 9.23 Å². The van der Waals surface area contributed by atoms with Crippen molar-refractivity contribution in [2.45, 2.75) is 90.4 Å². The van der Waals surface area contributed by atoms with Crippen molar-refractivity contribution in [3.05, 3.63) is 24.5 Å². The van der Waals surface area contributed by atoms with Gasteiger partial charge in [-0.15, -0.1) is 0 Å². The summed E-state index contributed by atoms with van der Waals surface area (Å²) in [4.78, 5) is 0. The highest BCUT2D eigenvalue weighted by Crippen LogP contribution is 2.11. The quantitative estimate of drug-likeness (QED) is 0.182. The molecule has 0 heterocycles. The van der Waals surface area contributed by atoms with Crippen molar-refractivity contribution < 1.29 is 4.74 Å². The van der Waals surface area contributed by atoms with Gasteiger partial charge >= 0.3 is 0 Å². The number of hydrogen-bond donors (Lipinski definition) is 0. The lowest BCUT2D eigenvalue weighted by atomic mass is 10.1. The van der Waals surface area contributed by atoms with E-state index < -0.39 is 0 Å². The van der Waals surface area contributed by atoms with Crippen LogP contribution in [0.5, 0.6) is 0 Å². The van der Waals surface area contributed by atoms with Crippen molar-refractivity contribution in [1.29, 1.82) is 0 Å². The van der Waals surface area contributed by atoms with Gasteiger partial charge < -0.3 is 4.74 Å². The van der Waals surface area contributed by atoms with Crippen LogP contribution in [0.2, 0.25) is 0 Å². The van der Waals surface area contributed by atoms with E-state index in [1.54, 1.807) is 13.4 Å².